The third-order valence-corrected chi connectivity index (χ3v) is 5.37. The molecule has 0 atom stereocenters. The average Bonchev–Trinajstić information content (AvgIpc) is 3.02. The number of rotatable bonds is 7. The van der Waals surface area contributed by atoms with Gasteiger partial charge in [-0.2, -0.15) is 0 Å². The topological polar surface area (TPSA) is 62.0 Å². The number of hydrogen-bond donors (Lipinski definition) is 2. The molecule has 2 aromatic rings. The Morgan fingerprint density at radius 3 is 2.71 bits per heavy atom. The number of hydrogen-bond acceptors (Lipinski definition) is 4. The van der Waals surface area contributed by atoms with Gasteiger partial charge in [0.05, 0.1) is 19.3 Å². The summed E-state index contributed by atoms with van der Waals surface area (Å²) in [6.45, 7) is 10.9. The Labute approximate surface area is 168 Å². The molecule has 0 radical (unpaired) electrons. The summed E-state index contributed by atoms with van der Waals surface area (Å²) in [5.74, 6) is 1.80. The monoisotopic (exact) mass is 386 g/mol. The van der Waals surface area contributed by atoms with E-state index in [0.717, 1.165) is 56.4 Å². The molecule has 0 aliphatic carbocycles. The van der Waals surface area contributed by atoms with Gasteiger partial charge in [-0.1, -0.05) is 18.2 Å². The fourth-order valence-corrected chi connectivity index (χ4v) is 3.66. The van der Waals surface area contributed by atoms with Crippen LogP contribution in [0.25, 0.3) is 11.0 Å². The number of guanidine groups is 1. The van der Waals surface area contributed by atoms with Crippen molar-refractivity contribution in [1.29, 1.82) is 0 Å². The van der Waals surface area contributed by atoms with Crippen molar-refractivity contribution in [3.8, 4) is 0 Å². The molecule has 0 spiro atoms. The first-order valence-corrected chi connectivity index (χ1v) is 10.3. The molecule has 3 rings (SSSR count). The summed E-state index contributed by atoms with van der Waals surface area (Å²) in [7, 11) is 1.82. The van der Waals surface area contributed by atoms with Crippen molar-refractivity contribution in [2.24, 2.45) is 4.99 Å². The number of aryl methyl sites for hydroxylation is 1. The van der Waals surface area contributed by atoms with Crippen LogP contribution in [-0.4, -0.2) is 56.3 Å². The van der Waals surface area contributed by atoms with Crippen molar-refractivity contribution >= 4 is 16.9 Å². The Kier molecular flexibility index (Phi) is 7.34. The molecular weight excluding hydrogens is 352 g/mol. The largest absolute Gasteiger partial charge is 0.459 e. The van der Waals surface area contributed by atoms with Gasteiger partial charge in [0.25, 0.3) is 0 Å². The fourth-order valence-electron chi connectivity index (χ4n) is 3.66. The lowest BCUT2D eigenvalue weighted by Crippen LogP contribution is -2.49. The first kappa shape index (κ1) is 20.7. The molecule has 0 unspecified atom stereocenters. The number of fused-ring (bicyclic) bond motifs is 1. The van der Waals surface area contributed by atoms with Crippen LogP contribution < -0.4 is 10.6 Å². The normalized spacial score (nSPS) is 16.8. The van der Waals surface area contributed by atoms with Crippen LogP contribution in [0.2, 0.25) is 0 Å². The molecule has 1 saturated heterocycles. The number of benzene rings is 1. The summed E-state index contributed by atoms with van der Waals surface area (Å²) in [6.07, 6.45) is 2.54. The number of aliphatic imine (C=N–C) groups is 1. The molecule has 2 heterocycles. The Hall–Kier alpha value is -2.05. The van der Waals surface area contributed by atoms with Crippen LogP contribution in [-0.2, 0) is 11.3 Å². The Morgan fingerprint density at radius 1 is 1.29 bits per heavy atom. The minimum Gasteiger partial charge on any atom is -0.459 e. The summed E-state index contributed by atoms with van der Waals surface area (Å²) < 4.78 is 11.7. The van der Waals surface area contributed by atoms with Gasteiger partial charge in [-0.25, -0.2) is 0 Å². The van der Waals surface area contributed by atoms with Gasteiger partial charge < -0.3 is 24.7 Å². The lowest BCUT2D eigenvalue weighted by Gasteiger charge is -2.33. The van der Waals surface area contributed by atoms with Gasteiger partial charge in [0, 0.05) is 43.7 Å². The Balaban J connectivity index is 1.44. The van der Waals surface area contributed by atoms with Crippen LogP contribution in [0.15, 0.2) is 33.7 Å². The second-order valence-corrected chi connectivity index (χ2v) is 7.75. The van der Waals surface area contributed by atoms with Gasteiger partial charge in [-0.05, 0) is 39.7 Å². The summed E-state index contributed by atoms with van der Waals surface area (Å²) in [4.78, 5) is 6.87. The van der Waals surface area contributed by atoms with E-state index >= 15 is 0 Å². The highest BCUT2D eigenvalue weighted by atomic mass is 16.5. The highest BCUT2D eigenvalue weighted by molar-refractivity contribution is 5.83. The van der Waals surface area contributed by atoms with E-state index in [1.165, 1.54) is 10.9 Å². The minimum atomic E-state index is 0.309. The molecule has 1 fully saturated rings. The number of nitrogens with zero attached hydrogens (tertiary/aromatic N) is 2. The van der Waals surface area contributed by atoms with E-state index in [0.29, 0.717) is 18.7 Å². The highest BCUT2D eigenvalue weighted by Crippen LogP contribution is 2.24. The predicted octanol–water partition coefficient (Wildman–Crippen LogP) is 3.30. The maximum atomic E-state index is 5.99. The zero-order valence-corrected chi connectivity index (χ0v) is 17.6. The number of ether oxygens (including phenoxy) is 1. The predicted molar refractivity (Wildman–Crippen MR) is 115 cm³/mol. The molecule has 1 aromatic carbocycles. The molecule has 6 nitrogen and oxygen atoms in total. The molecular formula is C22H34N4O2. The van der Waals surface area contributed by atoms with Gasteiger partial charge in [0.1, 0.15) is 11.3 Å². The van der Waals surface area contributed by atoms with E-state index in [4.69, 9.17) is 9.15 Å². The molecule has 1 aromatic heterocycles. The number of furan rings is 1. The molecule has 0 saturated carbocycles. The third-order valence-electron chi connectivity index (χ3n) is 5.37. The van der Waals surface area contributed by atoms with E-state index < -0.39 is 0 Å². The second-order valence-electron chi connectivity index (χ2n) is 7.75. The number of piperidine rings is 1. The Bertz CT molecular complexity index is 776. The lowest BCUT2D eigenvalue weighted by atomic mass is 10.1. The van der Waals surface area contributed by atoms with Crippen molar-refractivity contribution in [2.75, 3.05) is 33.3 Å². The molecule has 28 heavy (non-hydrogen) atoms. The first-order chi connectivity index (χ1) is 13.6. The van der Waals surface area contributed by atoms with E-state index in [9.17, 15) is 0 Å². The highest BCUT2D eigenvalue weighted by Gasteiger charge is 2.20. The Morgan fingerprint density at radius 2 is 2.04 bits per heavy atom. The van der Waals surface area contributed by atoms with Crippen molar-refractivity contribution < 1.29 is 9.15 Å². The van der Waals surface area contributed by atoms with Gasteiger partial charge in [-0.15, -0.1) is 0 Å². The molecule has 0 amide bonds. The number of likely N-dealkylation sites (tertiary alicyclic amines) is 1. The summed E-state index contributed by atoms with van der Waals surface area (Å²) in [5, 5.41) is 8.14. The van der Waals surface area contributed by atoms with Crippen LogP contribution in [0.4, 0.5) is 0 Å². The van der Waals surface area contributed by atoms with Crippen LogP contribution in [0.3, 0.4) is 0 Å². The van der Waals surface area contributed by atoms with Crippen molar-refractivity contribution in [3.05, 3.63) is 35.6 Å². The van der Waals surface area contributed by atoms with Gasteiger partial charge in [0.2, 0.25) is 0 Å². The molecule has 0 bridgehead atoms. The standard InChI is InChI=1S/C22H34N4O2/c1-16(2)27-14-13-26-11-9-18(10-12-26)25-22(23-4)24-15-21-17(3)19-7-5-6-8-20(19)28-21/h5-8,16,18H,9-15H2,1-4H3,(H2,23,24,25). The van der Waals surface area contributed by atoms with Crippen LogP contribution >= 0.6 is 0 Å². The van der Waals surface area contributed by atoms with Gasteiger partial charge >= 0.3 is 0 Å². The molecule has 154 valence electrons. The second kappa shape index (κ2) is 9.94. The maximum absolute atomic E-state index is 5.99. The molecule has 6 heteroatoms. The number of para-hydroxylation sites is 1. The first-order valence-electron chi connectivity index (χ1n) is 10.3. The summed E-state index contributed by atoms with van der Waals surface area (Å²) >= 11 is 0. The zero-order chi connectivity index (χ0) is 19.9. The molecule has 2 N–H and O–H groups in total. The minimum absolute atomic E-state index is 0.309. The van der Waals surface area contributed by atoms with E-state index in [1.807, 2.05) is 25.2 Å². The SMILES string of the molecule is CN=C(NCc1oc2ccccc2c1C)NC1CCN(CCOC(C)C)CC1. The van der Waals surface area contributed by atoms with Crippen LogP contribution in [0, 0.1) is 6.92 Å². The molecule has 1 aliphatic rings. The smallest absolute Gasteiger partial charge is 0.191 e. The maximum Gasteiger partial charge on any atom is 0.191 e. The zero-order valence-electron chi connectivity index (χ0n) is 17.6. The van der Waals surface area contributed by atoms with E-state index in [1.54, 1.807) is 0 Å². The van der Waals surface area contributed by atoms with Crippen molar-refractivity contribution in [3.63, 3.8) is 0 Å². The average molecular weight is 387 g/mol. The van der Waals surface area contributed by atoms with Crippen molar-refractivity contribution in [1.82, 2.24) is 15.5 Å². The quantitative estimate of drug-likeness (QED) is 0.565. The van der Waals surface area contributed by atoms with Crippen molar-refractivity contribution in [2.45, 2.75) is 52.3 Å². The van der Waals surface area contributed by atoms with Gasteiger partial charge in [0.15, 0.2) is 5.96 Å². The summed E-state index contributed by atoms with van der Waals surface area (Å²) in [6, 6.07) is 8.61. The van der Waals surface area contributed by atoms with Gasteiger partial charge in [-0.3, -0.25) is 4.99 Å². The van der Waals surface area contributed by atoms with E-state index in [-0.39, 0.29) is 0 Å². The van der Waals surface area contributed by atoms with E-state index in [2.05, 4.69) is 47.4 Å². The third kappa shape index (κ3) is 5.49. The summed E-state index contributed by atoms with van der Waals surface area (Å²) in [5.41, 5.74) is 2.13. The number of nitrogens with one attached hydrogen (secondary N) is 2. The fraction of sp³-hybridized carbons (Fsp3) is 0.591. The molecule has 1 aliphatic heterocycles. The van der Waals surface area contributed by atoms with Crippen LogP contribution in [0.5, 0.6) is 0 Å². The lowest BCUT2D eigenvalue weighted by molar-refractivity contribution is 0.0532. The van der Waals surface area contributed by atoms with Crippen LogP contribution in [0.1, 0.15) is 38.0 Å².